The molecular formula is C4H9Br2ClZn. The van der Waals surface area contributed by atoms with Crippen LogP contribution in [0.1, 0.15) is 19.8 Å². The molecule has 0 unspecified atom stereocenters. The average Bonchev–Trinajstić information content (AvgIpc) is 1.71. The summed E-state index contributed by atoms with van der Waals surface area (Å²) < 4.78 is 0. The molecule has 0 nitrogen and oxygen atoms in total. The Morgan fingerprint density at radius 2 is 1.88 bits per heavy atom. The first kappa shape index (κ1) is 12.5. The Morgan fingerprint density at radius 1 is 1.50 bits per heavy atom. The number of rotatable bonds is 2. The number of unbranched alkanes of at least 4 members (excludes halogenated alkanes) is 1. The Balaban J connectivity index is 0. The number of halogens is 3. The van der Waals surface area contributed by atoms with Gasteiger partial charge in [0.15, 0.2) is 0 Å². The Morgan fingerprint density at radius 3 is 1.88 bits per heavy atom. The van der Waals surface area contributed by atoms with Gasteiger partial charge in [-0.2, -0.15) is 0 Å². The fourth-order valence-electron chi connectivity index (χ4n) is 0.134. The second kappa shape index (κ2) is 15.9. The number of hydrogen-bond donors (Lipinski definition) is 0. The van der Waals surface area contributed by atoms with Crippen LogP contribution in [0.3, 0.4) is 0 Å². The van der Waals surface area contributed by atoms with Crippen molar-refractivity contribution < 1.29 is 13.2 Å². The van der Waals surface area contributed by atoms with Crippen LogP contribution in [0, 0.1) is 0 Å². The van der Waals surface area contributed by atoms with E-state index in [-0.39, 0.29) is 13.2 Å². The number of hydrogen-bond acceptors (Lipinski definition) is 0. The van der Waals surface area contributed by atoms with Gasteiger partial charge in [-0.3, -0.25) is 0 Å². The zero-order valence-corrected chi connectivity index (χ0v) is 11.9. The molecule has 8 heavy (non-hydrogen) atoms. The molecule has 0 saturated carbocycles. The van der Waals surface area contributed by atoms with Crippen LogP contribution in [-0.2, 0) is 13.2 Å². The maximum absolute atomic E-state index is 5.30. The Bertz CT molecular complexity index is 28.0. The van der Waals surface area contributed by atoms with Crippen molar-refractivity contribution in [2.45, 2.75) is 19.8 Å². The molecule has 48 valence electrons. The van der Waals surface area contributed by atoms with Crippen molar-refractivity contribution in [3.63, 3.8) is 0 Å². The monoisotopic (exact) mass is 314 g/mol. The summed E-state index contributed by atoms with van der Waals surface area (Å²) in [6.45, 7) is 2.13. The molecule has 0 aliphatic carbocycles. The molecule has 0 aliphatic rings. The molecule has 0 spiro atoms. The van der Waals surface area contributed by atoms with Gasteiger partial charge in [0.2, 0.25) is 0 Å². The van der Waals surface area contributed by atoms with E-state index in [0.29, 0.717) is 0 Å². The fourth-order valence-corrected chi connectivity index (χ4v) is 0.401. The minimum absolute atomic E-state index is 0.250. The number of alkyl halides is 1. The summed E-state index contributed by atoms with van der Waals surface area (Å²) in [6, 6.07) is 0. The first-order valence-corrected chi connectivity index (χ1v) is 16.9. The van der Waals surface area contributed by atoms with Crippen molar-refractivity contribution in [1.29, 1.82) is 0 Å². The molecule has 0 radical (unpaired) electrons. The molecule has 0 aromatic carbocycles. The third kappa shape index (κ3) is 24.8. The topological polar surface area (TPSA) is 0 Å². The van der Waals surface area contributed by atoms with Gasteiger partial charge in [0.25, 0.3) is 0 Å². The normalized spacial score (nSPS) is 6.50. The van der Waals surface area contributed by atoms with Gasteiger partial charge in [-0.25, -0.2) is 0 Å². The van der Waals surface area contributed by atoms with Crippen LogP contribution in [0.4, 0.5) is 0 Å². The summed E-state index contributed by atoms with van der Waals surface area (Å²) in [6.07, 6.45) is 2.37. The second-order valence-electron chi connectivity index (χ2n) is 1.14. The van der Waals surface area contributed by atoms with E-state index < -0.39 is 0 Å². The Kier molecular flexibility index (Phi) is 25.0. The quantitative estimate of drug-likeness (QED) is 0.538. The SMILES string of the molecule is CCCCCl.[Br][Zn][Br]. The van der Waals surface area contributed by atoms with Crippen molar-refractivity contribution in [1.82, 2.24) is 0 Å². The minimum atomic E-state index is -0.250. The summed E-state index contributed by atoms with van der Waals surface area (Å²) in [5.74, 6) is 0.816. The third-order valence-corrected chi connectivity index (χ3v) is 0.754. The van der Waals surface area contributed by atoms with Crippen LogP contribution < -0.4 is 0 Å². The molecule has 0 heterocycles. The molecule has 4 heteroatoms. The van der Waals surface area contributed by atoms with E-state index in [4.69, 9.17) is 11.6 Å². The van der Waals surface area contributed by atoms with Crippen LogP contribution in [0.5, 0.6) is 0 Å². The molecule has 0 aromatic rings. The summed E-state index contributed by atoms with van der Waals surface area (Å²) in [7, 11) is 0. The van der Waals surface area contributed by atoms with Gasteiger partial charge >= 0.3 is 40.5 Å². The van der Waals surface area contributed by atoms with E-state index in [1.54, 1.807) is 0 Å². The molecule has 0 rings (SSSR count). The van der Waals surface area contributed by atoms with Gasteiger partial charge in [0, 0.05) is 5.88 Å². The first-order valence-electron chi connectivity index (χ1n) is 2.51. The van der Waals surface area contributed by atoms with Crippen LogP contribution in [-0.4, -0.2) is 5.88 Å². The van der Waals surface area contributed by atoms with Crippen molar-refractivity contribution in [2.24, 2.45) is 0 Å². The maximum atomic E-state index is 5.30. The zero-order valence-electron chi connectivity index (χ0n) is 4.96. The summed E-state index contributed by atoms with van der Waals surface area (Å²) >= 11 is 11.6. The molecule has 0 bridgehead atoms. The van der Waals surface area contributed by atoms with E-state index in [0.717, 1.165) is 12.3 Å². The van der Waals surface area contributed by atoms with Crippen LogP contribution in [0.2, 0.25) is 0 Å². The van der Waals surface area contributed by atoms with E-state index in [1.807, 2.05) is 0 Å². The van der Waals surface area contributed by atoms with Crippen LogP contribution in [0.15, 0.2) is 0 Å². The predicted molar refractivity (Wildman–Crippen MR) is 43.5 cm³/mol. The summed E-state index contributed by atoms with van der Waals surface area (Å²) in [4.78, 5) is 0. The Hall–Kier alpha value is 1.87. The van der Waals surface area contributed by atoms with Gasteiger partial charge < -0.3 is 0 Å². The molecule has 0 atom stereocenters. The molecule has 0 fully saturated rings. The average molecular weight is 318 g/mol. The van der Waals surface area contributed by atoms with Crippen LogP contribution in [0.25, 0.3) is 0 Å². The van der Waals surface area contributed by atoms with Crippen molar-refractivity contribution in [3.8, 4) is 0 Å². The standard InChI is InChI=1S/C4H9Cl.2BrH.Zn/c1-2-3-4-5;;;/h2-4H2,1H3;2*1H;/q;;;+2/p-2. The van der Waals surface area contributed by atoms with Gasteiger partial charge in [0.05, 0.1) is 0 Å². The molecule has 0 amide bonds. The van der Waals surface area contributed by atoms with Gasteiger partial charge in [-0.1, -0.05) is 13.3 Å². The Labute approximate surface area is 77.1 Å². The van der Waals surface area contributed by atoms with Crippen molar-refractivity contribution in [2.75, 3.05) is 5.88 Å². The third-order valence-electron chi connectivity index (χ3n) is 0.487. The summed E-state index contributed by atoms with van der Waals surface area (Å²) in [5, 5.41) is 0. The van der Waals surface area contributed by atoms with Gasteiger partial charge in [-0.05, 0) is 6.42 Å². The van der Waals surface area contributed by atoms with Crippen LogP contribution >= 0.6 is 38.8 Å². The van der Waals surface area contributed by atoms with Gasteiger partial charge in [-0.15, -0.1) is 11.6 Å². The molecule has 0 saturated heterocycles. The van der Waals surface area contributed by atoms with E-state index >= 15 is 0 Å². The zero-order chi connectivity index (χ0) is 6.83. The van der Waals surface area contributed by atoms with E-state index in [9.17, 15) is 0 Å². The molecular weight excluding hydrogens is 309 g/mol. The fraction of sp³-hybridized carbons (Fsp3) is 1.00. The van der Waals surface area contributed by atoms with Crippen molar-refractivity contribution >= 4 is 38.8 Å². The summed E-state index contributed by atoms with van der Waals surface area (Å²) in [5.41, 5.74) is 0. The molecule has 0 N–H and O–H groups in total. The van der Waals surface area contributed by atoms with Crippen molar-refractivity contribution in [3.05, 3.63) is 0 Å². The second-order valence-corrected chi connectivity index (χ2v) is 15.6. The predicted octanol–water partition coefficient (Wildman–Crippen LogP) is 3.71. The molecule has 0 aromatic heterocycles. The van der Waals surface area contributed by atoms with E-state index in [2.05, 4.69) is 34.2 Å². The molecule has 0 aliphatic heterocycles. The first-order chi connectivity index (χ1) is 3.83. The van der Waals surface area contributed by atoms with E-state index in [1.165, 1.54) is 6.42 Å². The van der Waals surface area contributed by atoms with Gasteiger partial charge in [0.1, 0.15) is 0 Å².